The van der Waals surface area contributed by atoms with Gasteiger partial charge >= 0.3 is 0 Å². The molecule has 1 aromatic rings. The number of nitrogens with two attached hydrogens (primary N) is 1. The fourth-order valence-electron chi connectivity index (χ4n) is 3.82. The molecule has 20 heavy (non-hydrogen) atoms. The molecule has 2 fully saturated rings. The standard InChI is InChI=1S/C16H22N2O.ClH/c1-2-10-4-3-5-13(8-10)18-16(19)14-11-6-7-12(9-11)15(14)17;/h3-5,8,11-12,14-15H,2,6-7,9,17H2,1H3,(H,18,19);1H. The molecule has 0 saturated heterocycles. The minimum atomic E-state index is 0. The Morgan fingerprint density at radius 2 is 2.10 bits per heavy atom. The van der Waals surface area contributed by atoms with Gasteiger partial charge in [0.15, 0.2) is 0 Å². The van der Waals surface area contributed by atoms with Crippen LogP contribution in [0.3, 0.4) is 0 Å². The molecule has 4 unspecified atom stereocenters. The van der Waals surface area contributed by atoms with Gasteiger partial charge in [-0.1, -0.05) is 19.1 Å². The molecule has 110 valence electrons. The van der Waals surface area contributed by atoms with Crippen molar-refractivity contribution in [3.8, 4) is 0 Å². The number of fused-ring (bicyclic) bond motifs is 2. The van der Waals surface area contributed by atoms with Crippen LogP contribution in [-0.4, -0.2) is 11.9 Å². The quantitative estimate of drug-likeness (QED) is 0.900. The number of anilines is 1. The van der Waals surface area contributed by atoms with Crippen molar-refractivity contribution in [2.75, 3.05) is 5.32 Å². The van der Waals surface area contributed by atoms with Gasteiger partial charge in [0.05, 0.1) is 5.92 Å². The Hall–Kier alpha value is -1.06. The zero-order valence-electron chi connectivity index (χ0n) is 11.8. The maximum atomic E-state index is 12.4. The smallest absolute Gasteiger partial charge is 0.229 e. The first-order valence-corrected chi connectivity index (χ1v) is 7.34. The van der Waals surface area contributed by atoms with Gasteiger partial charge in [0.1, 0.15) is 0 Å². The number of amides is 1. The van der Waals surface area contributed by atoms with Crippen molar-refractivity contribution in [2.45, 2.75) is 38.6 Å². The van der Waals surface area contributed by atoms with Gasteiger partial charge in [0, 0.05) is 11.7 Å². The van der Waals surface area contributed by atoms with Gasteiger partial charge in [0.2, 0.25) is 5.91 Å². The number of benzene rings is 1. The number of carbonyl (C=O) groups excluding carboxylic acids is 1. The largest absolute Gasteiger partial charge is 0.327 e. The first-order valence-electron chi connectivity index (χ1n) is 7.34. The Labute approximate surface area is 126 Å². The minimum Gasteiger partial charge on any atom is -0.327 e. The summed E-state index contributed by atoms with van der Waals surface area (Å²) in [5.41, 5.74) is 8.36. The second-order valence-corrected chi connectivity index (χ2v) is 5.98. The van der Waals surface area contributed by atoms with Gasteiger partial charge in [0.25, 0.3) is 0 Å². The van der Waals surface area contributed by atoms with E-state index in [1.807, 2.05) is 12.1 Å². The average molecular weight is 295 g/mol. The predicted octanol–water partition coefficient (Wildman–Crippen LogP) is 2.98. The molecule has 0 radical (unpaired) electrons. The Balaban J connectivity index is 0.00000147. The lowest BCUT2D eigenvalue weighted by molar-refractivity contribution is -0.121. The molecule has 2 bridgehead atoms. The van der Waals surface area contributed by atoms with Gasteiger partial charge in [-0.15, -0.1) is 12.4 Å². The van der Waals surface area contributed by atoms with Gasteiger partial charge in [-0.3, -0.25) is 4.79 Å². The second-order valence-electron chi connectivity index (χ2n) is 5.98. The third-order valence-electron chi connectivity index (χ3n) is 4.89. The Kier molecular flexibility index (Phi) is 4.71. The zero-order valence-corrected chi connectivity index (χ0v) is 12.7. The summed E-state index contributed by atoms with van der Waals surface area (Å²) in [4.78, 5) is 12.4. The van der Waals surface area contributed by atoms with E-state index >= 15 is 0 Å². The molecular formula is C16H23ClN2O. The van der Waals surface area contributed by atoms with E-state index in [-0.39, 0.29) is 30.3 Å². The third-order valence-corrected chi connectivity index (χ3v) is 4.89. The summed E-state index contributed by atoms with van der Waals surface area (Å²) in [5, 5.41) is 3.05. The summed E-state index contributed by atoms with van der Waals surface area (Å²) >= 11 is 0. The highest BCUT2D eigenvalue weighted by molar-refractivity contribution is 5.93. The topological polar surface area (TPSA) is 55.1 Å². The molecule has 0 aromatic heterocycles. The molecule has 3 rings (SSSR count). The normalized spacial score (nSPS) is 30.9. The summed E-state index contributed by atoms with van der Waals surface area (Å²) in [5.74, 6) is 1.22. The minimum absolute atomic E-state index is 0. The SMILES string of the molecule is CCc1cccc(NC(=O)C2C3CCC(C3)C2N)c1.Cl. The monoisotopic (exact) mass is 294 g/mol. The molecule has 3 nitrogen and oxygen atoms in total. The van der Waals surface area contributed by atoms with E-state index in [1.54, 1.807) is 0 Å². The van der Waals surface area contributed by atoms with E-state index in [1.165, 1.54) is 18.4 Å². The molecule has 1 amide bonds. The molecule has 1 aromatic carbocycles. The first kappa shape index (κ1) is 15.3. The molecule has 2 aliphatic rings. The number of rotatable bonds is 3. The molecule has 0 spiro atoms. The van der Waals surface area contributed by atoms with Crippen LogP contribution in [0.1, 0.15) is 31.7 Å². The maximum absolute atomic E-state index is 12.4. The van der Waals surface area contributed by atoms with Crippen molar-refractivity contribution in [2.24, 2.45) is 23.5 Å². The first-order chi connectivity index (χ1) is 9.19. The predicted molar refractivity (Wildman–Crippen MR) is 84.0 cm³/mol. The van der Waals surface area contributed by atoms with E-state index in [9.17, 15) is 4.79 Å². The molecule has 4 atom stereocenters. The van der Waals surface area contributed by atoms with Gasteiger partial charge < -0.3 is 11.1 Å². The lowest BCUT2D eigenvalue weighted by Gasteiger charge is -2.27. The molecule has 3 N–H and O–H groups in total. The number of hydrogen-bond donors (Lipinski definition) is 2. The maximum Gasteiger partial charge on any atom is 0.229 e. The number of hydrogen-bond acceptors (Lipinski definition) is 2. The fourth-order valence-corrected chi connectivity index (χ4v) is 3.82. The van der Waals surface area contributed by atoms with Crippen molar-refractivity contribution in [1.82, 2.24) is 0 Å². The van der Waals surface area contributed by atoms with E-state index < -0.39 is 0 Å². The second kappa shape index (κ2) is 6.15. The third kappa shape index (κ3) is 2.70. The van der Waals surface area contributed by atoms with Crippen LogP contribution in [0.25, 0.3) is 0 Å². The van der Waals surface area contributed by atoms with Crippen LogP contribution in [0, 0.1) is 17.8 Å². The average Bonchev–Trinajstić information content (AvgIpc) is 2.99. The lowest BCUT2D eigenvalue weighted by atomic mass is 9.84. The molecule has 2 saturated carbocycles. The Bertz CT molecular complexity index is 489. The summed E-state index contributed by atoms with van der Waals surface area (Å²) in [6.07, 6.45) is 4.51. The van der Waals surface area contributed by atoms with Crippen LogP contribution in [-0.2, 0) is 11.2 Å². The zero-order chi connectivity index (χ0) is 13.4. The van der Waals surface area contributed by atoms with Crippen molar-refractivity contribution < 1.29 is 4.79 Å². The van der Waals surface area contributed by atoms with Crippen molar-refractivity contribution >= 4 is 24.0 Å². The fraction of sp³-hybridized carbons (Fsp3) is 0.562. The van der Waals surface area contributed by atoms with E-state index in [2.05, 4.69) is 24.4 Å². The molecular weight excluding hydrogens is 272 g/mol. The molecule has 2 aliphatic carbocycles. The van der Waals surface area contributed by atoms with E-state index in [0.29, 0.717) is 11.8 Å². The number of halogens is 1. The molecule has 0 heterocycles. The van der Waals surface area contributed by atoms with Crippen LogP contribution in [0.5, 0.6) is 0 Å². The van der Waals surface area contributed by atoms with Crippen LogP contribution in [0.2, 0.25) is 0 Å². The highest BCUT2D eigenvalue weighted by atomic mass is 35.5. The molecule has 0 aliphatic heterocycles. The van der Waals surface area contributed by atoms with Crippen LogP contribution < -0.4 is 11.1 Å². The number of carbonyl (C=O) groups is 1. The summed E-state index contributed by atoms with van der Waals surface area (Å²) in [6, 6.07) is 8.15. The highest BCUT2D eigenvalue weighted by Gasteiger charge is 2.49. The van der Waals surface area contributed by atoms with E-state index in [4.69, 9.17) is 5.73 Å². The lowest BCUT2D eigenvalue weighted by Crippen LogP contribution is -2.42. The Morgan fingerprint density at radius 3 is 2.75 bits per heavy atom. The van der Waals surface area contributed by atoms with Crippen molar-refractivity contribution in [1.29, 1.82) is 0 Å². The van der Waals surface area contributed by atoms with Crippen LogP contribution in [0.4, 0.5) is 5.69 Å². The summed E-state index contributed by atoms with van der Waals surface area (Å²) in [7, 11) is 0. The number of nitrogens with one attached hydrogen (secondary N) is 1. The molecule has 4 heteroatoms. The summed E-state index contributed by atoms with van der Waals surface area (Å²) < 4.78 is 0. The highest BCUT2D eigenvalue weighted by Crippen LogP contribution is 2.47. The summed E-state index contributed by atoms with van der Waals surface area (Å²) in [6.45, 7) is 2.12. The van der Waals surface area contributed by atoms with E-state index in [0.717, 1.165) is 18.5 Å². The number of aryl methyl sites for hydroxylation is 1. The van der Waals surface area contributed by atoms with Gasteiger partial charge in [-0.25, -0.2) is 0 Å². The van der Waals surface area contributed by atoms with Crippen molar-refractivity contribution in [3.05, 3.63) is 29.8 Å². The van der Waals surface area contributed by atoms with Gasteiger partial charge in [-0.2, -0.15) is 0 Å². The Morgan fingerprint density at radius 1 is 1.35 bits per heavy atom. The van der Waals surface area contributed by atoms with Gasteiger partial charge in [-0.05, 0) is 55.2 Å². The van der Waals surface area contributed by atoms with Crippen molar-refractivity contribution in [3.63, 3.8) is 0 Å². The van der Waals surface area contributed by atoms with Crippen LogP contribution in [0.15, 0.2) is 24.3 Å². The van der Waals surface area contributed by atoms with Crippen LogP contribution >= 0.6 is 12.4 Å².